The Morgan fingerprint density at radius 3 is 2.59 bits per heavy atom. The molecule has 0 bridgehead atoms. The van der Waals surface area contributed by atoms with Crippen molar-refractivity contribution < 1.29 is 18.7 Å². The summed E-state index contributed by atoms with van der Waals surface area (Å²) < 4.78 is 24.6. The van der Waals surface area contributed by atoms with Gasteiger partial charge < -0.3 is 29.5 Å². The number of fused-ring (bicyclic) bond motifs is 1. The van der Waals surface area contributed by atoms with Crippen LogP contribution in [0, 0.1) is 5.82 Å². The number of ether oxygens (including phenoxy) is 2. The van der Waals surface area contributed by atoms with E-state index in [0.717, 1.165) is 59.6 Å². The molecule has 4 aromatic rings. The molecule has 0 saturated carbocycles. The van der Waals surface area contributed by atoms with Gasteiger partial charge in [0.25, 0.3) is 5.91 Å². The molecule has 0 spiro atoms. The van der Waals surface area contributed by atoms with Crippen LogP contribution in [-0.2, 0) is 15.9 Å². The number of amides is 1. The molecule has 216 valence electrons. The summed E-state index contributed by atoms with van der Waals surface area (Å²) in [7, 11) is 5.43. The van der Waals surface area contributed by atoms with Crippen LogP contribution in [0.4, 0.5) is 21.6 Å². The third kappa shape index (κ3) is 6.84. The third-order valence-corrected chi connectivity index (χ3v) is 7.44. The van der Waals surface area contributed by atoms with E-state index >= 15 is 0 Å². The summed E-state index contributed by atoms with van der Waals surface area (Å²) in [6.45, 7) is 5.16. The van der Waals surface area contributed by atoms with Crippen molar-refractivity contribution in [3.63, 3.8) is 0 Å². The summed E-state index contributed by atoms with van der Waals surface area (Å²) in [5.41, 5.74) is 5.01. The van der Waals surface area contributed by atoms with Gasteiger partial charge in [-0.2, -0.15) is 5.10 Å². The molecule has 2 heterocycles. The van der Waals surface area contributed by atoms with Crippen molar-refractivity contribution in [2.45, 2.75) is 6.42 Å². The van der Waals surface area contributed by atoms with Gasteiger partial charge in [-0.15, -0.1) is 0 Å². The molecular weight excluding hydrogens is 523 g/mol. The van der Waals surface area contributed by atoms with Gasteiger partial charge in [0.05, 0.1) is 23.4 Å². The lowest BCUT2D eigenvalue weighted by molar-refractivity contribution is 0.102. The number of nitrogens with zero attached hydrogens (tertiary/aromatic N) is 4. The van der Waals surface area contributed by atoms with E-state index in [1.807, 2.05) is 41.3 Å². The van der Waals surface area contributed by atoms with Gasteiger partial charge in [0.15, 0.2) is 5.82 Å². The van der Waals surface area contributed by atoms with E-state index in [-0.39, 0.29) is 11.7 Å². The zero-order chi connectivity index (χ0) is 28.8. The van der Waals surface area contributed by atoms with E-state index in [9.17, 15) is 9.18 Å². The second kappa shape index (κ2) is 13.1. The first kappa shape index (κ1) is 28.5. The minimum Gasteiger partial charge on any atom is -0.383 e. The van der Waals surface area contributed by atoms with E-state index in [1.165, 1.54) is 12.1 Å². The predicted octanol–water partition coefficient (Wildman–Crippen LogP) is 4.35. The maximum absolute atomic E-state index is 13.8. The smallest absolute Gasteiger partial charge is 0.258 e. The Morgan fingerprint density at radius 2 is 1.83 bits per heavy atom. The standard InChI is InChI=1S/C31H37FN6O3/c1-36-11-13-37(14-12-36)25-8-9-26(29(20-25)38(21-41-3)15-16-40-2)31(39)33-30-27-19-23(7-10-28(27)34-35-30)17-22-5-4-6-24(32)18-22/h4-10,18-20H,11-17,21H2,1-3H3,(H2,33,34,35,39). The van der Waals surface area contributed by atoms with Crippen LogP contribution < -0.4 is 15.1 Å². The molecule has 9 nitrogen and oxygen atoms in total. The second-order valence-corrected chi connectivity index (χ2v) is 10.4. The number of benzene rings is 3. The van der Waals surface area contributed by atoms with Crippen LogP contribution in [-0.4, -0.2) is 88.3 Å². The molecule has 1 aliphatic heterocycles. The number of methoxy groups -OCH3 is 2. The molecule has 5 rings (SSSR count). The largest absolute Gasteiger partial charge is 0.383 e. The van der Waals surface area contributed by atoms with Gasteiger partial charge in [-0.25, -0.2) is 4.39 Å². The van der Waals surface area contributed by atoms with Crippen LogP contribution >= 0.6 is 0 Å². The van der Waals surface area contributed by atoms with Crippen molar-refractivity contribution in [3.8, 4) is 0 Å². The average molecular weight is 561 g/mol. The zero-order valence-corrected chi connectivity index (χ0v) is 23.8. The van der Waals surface area contributed by atoms with Crippen LogP contribution in [0.25, 0.3) is 10.9 Å². The lowest BCUT2D eigenvalue weighted by atomic mass is 10.0. The maximum atomic E-state index is 13.8. The first-order valence-electron chi connectivity index (χ1n) is 13.8. The average Bonchev–Trinajstić information content (AvgIpc) is 3.37. The minimum absolute atomic E-state index is 0.262. The number of aromatic nitrogens is 2. The predicted molar refractivity (Wildman–Crippen MR) is 161 cm³/mol. The van der Waals surface area contributed by atoms with Crippen molar-refractivity contribution in [1.29, 1.82) is 0 Å². The number of hydrogen-bond donors (Lipinski definition) is 2. The Hall–Kier alpha value is -3.99. The van der Waals surface area contributed by atoms with Crippen LogP contribution in [0.2, 0.25) is 0 Å². The molecule has 0 radical (unpaired) electrons. The Kier molecular flexibility index (Phi) is 9.13. The van der Waals surface area contributed by atoms with Crippen LogP contribution in [0.3, 0.4) is 0 Å². The van der Waals surface area contributed by atoms with Crippen molar-refractivity contribution in [1.82, 2.24) is 15.1 Å². The van der Waals surface area contributed by atoms with Crippen molar-refractivity contribution in [2.75, 3.05) is 82.4 Å². The molecule has 0 unspecified atom stereocenters. The van der Waals surface area contributed by atoms with E-state index in [1.54, 1.807) is 20.3 Å². The van der Waals surface area contributed by atoms with Crippen LogP contribution in [0.5, 0.6) is 0 Å². The Labute approximate surface area is 239 Å². The van der Waals surface area contributed by atoms with E-state index in [0.29, 0.717) is 37.7 Å². The lowest BCUT2D eigenvalue weighted by Gasteiger charge is -2.35. The fourth-order valence-electron chi connectivity index (χ4n) is 5.17. The molecule has 1 saturated heterocycles. The fourth-order valence-corrected chi connectivity index (χ4v) is 5.17. The molecule has 1 fully saturated rings. The molecule has 0 atom stereocenters. The van der Waals surface area contributed by atoms with Gasteiger partial charge >= 0.3 is 0 Å². The summed E-state index contributed by atoms with van der Waals surface area (Å²) in [4.78, 5) is 20.4. The highest BCUT2D eigenvalue weighted by molar-refractivity contribution is 6.11. The second-order valence-electron chi connectivity index (χ2n) is 10.4. The van der Waals surface area contributed by atoms with E-state index in [4.69, 9.17) is 9.47 Å². The quantitative estimate of drug-likeness (QED) is 0.264. The number of hydrogen-bond acceptors (Lipinski definition) is 7. The minimum atomic E-state index is -0.271. The van der Waals surface area contributed by atoms with Crippen molar-refractivity contribution >= 4 is 34.0 Å². The zero-order valence-electron chi connectivity index (χ0n) is 23.8. The first-order chi connectivity index (χ1) is 19.9. The monoisotopic (exact) mass is 560 g/mol. The SMILES string of the molecule is COCCN(COC)c1cc(N2CCN(C)CC2)ccc1C(=O)Nc1n[nH]c2ccc(Cc3cccc(F)c3)cc12. The number of nitrogens with one attached hydrogen (secondary N) is 2. The normalized spacial score (nSPS) is 14.0. The first-order valence-corrected chi connectivity index (χ1v) is 13.8. The number of carbonyl (C=O) groups is 1. The summed E-state index contributed by atoms with van der Waals surface area (Å²) in [5, 5.41) is 11.2. The molecule has 3 aromatic carbocycles. The summed E-state index contributed by atoms with van der Waals surface area (Å²) in [6, 6.07) is 18.4. The Morgan fingerprint density at radius 1 is 1.02 bits per heavy atom. The molecule has 2 N–H and O–H groups in total. The molecule has 1 aromatic heterocycles. The third-order valence-electron chi connectivity index (χ3n) is 7.44. The fraction of sp³-hybridized carbons (Fsp3) is 0.355. The number of aromatic amines is 1. The molecule has 41 heavy (non-hydrogen) atoms. The summed E-state index contributed by atoms with van der Waals surface area (Å²) in [5.74, 6) is -0.0925. The molecule has 10 heteroatoms. The van der Waals surface area contributed by atoms with Gasteiger partial charge in [-0.3, -0.25) is 9.89 Å². The van der Waals surface area contributed by atoms with Gasteiger partial charge in [0, 0.05) is 58.0 Å². The molecular formula is C31H37FN6O3. The summed E-state index contributed by atoms with van der Waals surface area (Å²) in [6.07, 6.45) is 0.565. The van der Waals surface area contributed by atoms with Crippen molar-refractivity contribution in [2.24, 2.45) is 0 Å². The van der Waals surface area contributed by atoms with Crippen molar-refractivity contribution in [3.05, 3.63) is 83.2 Å². The van der Waals surface area contributed by atoms with Gasteiger partial charge in [-0.05, 0) is 67.1 Å². The number of anilines is 3. The Bertz CT molecular complexity index is 1480. The summed E-state index contributed by atoms with van der Waals surface area (Å²) >= 11 is 0. The number of rotatable bonds is 11. The number of piperazine rings is 1. The van der Waals surface area contributed by atoms with Gasteiger partial charge in [0.2, 0.25) is 0 Å². The van der Waals surface area contributed by atoms with E-state index in [2.05, 4.69) is 38.4 Å². The molecule has 1 amide bonds. The molecule has 0 aliphatic carbocycles. The van der Waals surface area contributed by atoms with Gasteiger partial charge in [0.1, 0.15) is 12.5 Å². The highest BCUT2D eigenvalue weighted by atomic mass is 19.1. The number of H-pyrrole nitrogens is 1. The highest BCUT2D eigenvalue weighted by Crippen LogP contribution is 2.30. The van der Waals surface area contributed by atoms with Crippen LogP contribution in [0.1, 0.15) is 21.5 Å². The number of carbonyl (C=O) groups excluding carboxylic acids is 1. The number of likely N-dealkylation sites (N-methyl/N-ethyl adjacent to an activating group) is 1. The van der Waals surface area contributed by atoms with E-state index < -0.39 is 0 Å². The number of halogens is 1. The van der Waals surface area contributed by atoms with Gasteiger partial charge in [-0.1, -0.05) is 18.2 Å². The maximum Gasteiger partial charge on any atom is 0.258 e. The lowest BCUT2D eigenvalue weighted by Crippen LogP contribution is -2.44. The highest BCUT2D eigenvalue weighted by Gasteiger charge is 2.22. The topological polar surface area (TPSA) is 86.0 Å². The Balaban J connectivity index is 1.43. The van der Waals surface area contributed by atoms with Crippen LogP contribution in [0.15, 0.2) is 60.7 Å². The molecule has 1 aliphatic rings.